The van der Waals surface area contributed by atoms with Crippen LogP contribution in [0.4, 0.5) is 5.82 Å². The Labute approximate surface area is 128 Å². The predicted molar refractivity (Wildman–Crippen MR) is 84.5 cm³/mol. The van der Waals surface area contributed by atoms with Crippen LogP contribution in [0, 0.1) is 0 Å². The molecular weight excluding hydrogens is 282 g/mol. The maximum atomic E-state index is 10.8. The fourth-order valence-corrected chi connectivity index (χ4v) is 2.64. The van der Waals surface area contributed by atoms with E-state index in [1.54, 1.807) is 0 Å². The van der Waals surface area contributed by atoms with Gasteiger partial charge >= 0.3 is 0 Å². The van der Waals surface area contributed by atoms with Gasteiger partial charge in [-0.05, 0) is 17.7 Å². The van der Waals surface area contributed by atoms with Gasteiger partial charge in [0.2, 0.25) is 5.91 Å². The summed E-state index contributed by atoms with van der Waals surface area (Å²) in [6.07, 6.45) is 0.273. The van der Waals surface area contributed by atoms with Crippen LogP contribution in [0.15, 0.2) is 22.7 Å². The molecule has 1 fully saturated rings. The number of piperazine rings is 1. The van der Waals surface area contributed by atoms with Crippen molar-refractivity contribution < 1.29 is 9.32 Å². The fourth-order valence-electron chi connectivity index (χ4n) is 2.64. The first-order chi connectivity index (χ1) is 10.7. The van der Waals surface area contributed by atoms with Crippen molar-refractivity contribution in [3.8, 4) is 0 Å². The van der Waals surface area contributed by atoms with Gasteiger partial charge in [0.15, 0.2) is 11.4 Å². The van der Waals surface area contributed by atoms with Crippen molar-refractivity contribution in [1.82, 2.24) is 15.4 Å². The van der Waals surface area contributed by atoms with E-state index in [2.05, 4.69) is 32.8 Å². The average molecular weight is 303 g/mol. The number of hydrogen-bond donors (Lipinski definition) is 3. The summed E-state index contributed by atoms with van der Waals surface area (Å²) in [5, 5.41) is 11.4. The molecule has 1 amide bonds. The molecule has 2 aromatic rings. The van der Waals surface area contributed by atoms with Gasteiger partial charge < -0.3 is 20.9 Å². The number of nitrogens with zero attached hydrogens (tertiary/aromatic N) is 2. The Kier molecular flexibility index (Phi) is 4.55. The number of nitrogens with two attached hydrogens (primary N) is 1. The summed E-state index contributed by atoms with van der Waals surface area (Å²) in [6, 6.07) is 6.11. The van der Waals surface area contributed by atoms with Crippen LogP contribution in [0.25, 0.3) is 11.0 Å². The third-order valence-electron chi connectivity index (χ3n) is 3.81. The van der Waals surface area contributed by atoms with Gasteiger partial charge in [-0.2, -0.15) is 0 Å². The van der Waals surface area contributed by atoms with E-state index in [1.807, 2.05) is 6.07 Å². The minimum Gasteiger partial charge on any atom is -0.370 e. The van der Waals surface area contributed by atoms with E-state index < -0.39 is 0 Å². The zero-order valence-corrected chi connectivity index (χ0v) is 12.5. The van der Waals surface area contributed by atoms with Crippen molar-refractivity contribution in [2.45, 2.75) is 13.0 Å². The summed E-state index contributed by atoms with van der Waals surface area (Å²) in [5.74, 6) is 0.332. The van der Waals surface area contributed by atoms with Gasteiger partial charge in [0.1, 0.15) is 0 Å². The Balaban J connectivity index is 1.71. The molecule has 1 aromatic carbocycles. The van der Waals surface area contributed by atoms with Crippen molar-refractivity contribution in [2.75, 3.05) is 38.0 Å². The zero-order valence-electron chi connectivity index (χ0n) is 12.5. The topological polar surface area (TPSA) is 96.4 Å². The maximum absolute atomic E-state index is 10.8. The highest BCUT2D eigenvalue weighted by molar-refractivity contribution is 5.88. The Bertz CT molecular complexity index is 648. The number of rotatable bonds is 6. The molecule has 1 aromatic heterocycles. The highest BCUT2D eigenvalue weighted by Gasteiger charge is 2.13. The number of primary amides is 1. The second-order valence-corrected chi connectivity index (χ2v) is 5.53. The van der Waals surface area contributed by atoms with Crippen LogP contribution in [0.1, 0.15) is 12.0 Å². The van der Waals surface area contributed by atoms with E-state index in [1.165, 1.54) is 5.56 Å². The van der Waals surface area contributed by atoms with Crippen LogP contribution >= 0.6 is 0 Å². The molecule has 118 valence electrons. The Hall–Kier alpha value is -2.12. The molecule has 4 N–H and O–H groups in total. The fraction of sp³-hybridized carbons (Fsp3) is 0.467. The summed E-state index contributed by atoms with van der Waals surface area (Å²) in [7, 11) is 0. The van der Waals surface area contributed by atoms with Gasteiger partial charge in [-0.25, -0.2) is 0 Å². The number of carbonyl (C=O) groups excluding carboxylic acids is 1. The number of fused-ring (bicyclic) bond motifs is 1. The molecule has 1 saturated heterocycles. The number of carbonyl (C=O) groups is 1. The molecule has 0 spiro atoms. The van der Waals surface area contributed by atoms with E-state index in [4.69, 9.17) is 10.3 Å². The molecule has 2 heterocycles. The molecule has 3 rings (SSSR count). The number of amides is 1. The first-order valence-electron chi connectivity index (χ1n) is 7.56. The SMILES string of the molecule is NC(=O)CCNc1noc2ccc(CN3CCNCC3)cc12. The molecular formula is C15H21N5O2. The van der Waals surface area contributed by atoms with Crippen LogP contribution in [-0.2, 0) is 11.3 Å². The summed E-state index contributed by atoms with van der Waals surface area (Å²) < 4.78 is 5.30. The van der Waals surface area contributed by atoms with Crippen LogP contribution in [0.3, 0.4) is 0 Å². The van der Waals surface area contributed by atoms with E-state index in [0.717, 1.165) is 43.7 Å². The number of anilines is 1. The smallest absolute Gasteiger partial charge is 0.219 e. The largest absolute Gasteiger partial charge is 0.370 e. The van der Waals surface area contributed by atoms with Crippen molar-refractivity contribution in [2.24, 2.45) is 5.73 Å². The number of aromatic nitrogens is 1. The summed E-state index contributed by atoms with van der Waals surface area (Å²) in [5.41, 5.74) is 7.11. The van der Waals surface area contributed by atoms with E-state index in [9.17, 15) is 4.79 Å². The van der Waals surface area contributed by atoms with Crippen LogP contribution < -0.4 is 16.4 Å². The van der Waals surface area contributed by atoms with Gasteiger partial charge in [0, 0.05) is 45.7 Å². The predicted octanol–water partition coefficient (Wildman–Crippen LogP) is 0.520. The quantitative estimate of drug-likeness (QED) is 0.720. The lowest BCUT2D eigenvalue weighted by Crippen LogP contribution is -2.42. The molecule has 1 aliphatic rings. The second kappa shape index (κ2) is 6.76. The molecule has 0 atom stereocenters. The Morgan fingerprint density at radius 3 is 3.00 bits per heavy atom. The molecule has 7 nitrogen and oxygen atoms in total. The van der Waals surface area contributed by atoms with Gasteiger partial charge in [-0.1, -0.05) is 11.2 Å². The van der Waals surface area contributed by atoms with E-state index >= 15 is 0 Å². The van der Waals surface area contributed by atoms with Crippen molar-refractivity contribution in [3.63, 3.8) is 0 Å². The van der Waals surface area contributed by atoms with E-state index in [0.29, 0.717) is 12.4 Å². The van der Waals surface area contributed by atoms with E-state index in [-0.39, 0.29) is 12.3 Å². The van der Waals surface area contributed by atoms with Gasteiger partial charge in [0.25, 0.3) is 0 Å². The van der Waals surface area contributed by atoms with Gasteiger partial charge in [-0.3, -0.25) is 9.69 Å². The lowest BCUT2D eigenvalue weighted by molar-refractivity contribution is -0.117. The first kappa shape index (κ1) is 14.8. The summed E-state index contributed by atoms with van der Waals surface area (Å²) in [6.45, 7) is 5.57. The summed E-state index contributed by atoms with van der Waals surface area (Å²) in [4.78, 5) is 13.2. The third-order valence-corrected chi connectivity index (χ3v) is 3.81. The molecule has 0 radical (unpaired) electrons. The minimum absolute atomic E-state index is 0.273. The normalized spacial score (nSPS) is 16.0. The Morgan fingerprint density at radius 2 is 2.23 bits per heavy atom. The summed E-state index contributed by atoms with van der Waals surface area (Å²) >= 11 is 0. The van der Waals surface area contributed by atoms with Gasteiger partial charge in [0.05, 0.1) is 5.39 Å². The number of benzene rings is 1. The Morgan fingerprint density at radius 1 is 1.41 bits per heavy atom. The highest BCUT2D eigenvalue weighted by atomic mass is 16.5. The lowest BCUT2D eigenvalue weighted by Gasteiger charge is -2.27. The monoisotopic (exact) mass is 303 g/mol. The molecule has 7 heteroatoms. The second-order valence-electron chi connectivity index (χ2n) is 5.53. The average Bonchev–Trinajstić information content (AvgIpc) is 2.91. The molecule has 0 aliphatic carbocycles. The standard InChI is InChI=1S/C15H21N5O2/c16-14(21)3-4-18-15-12-9-11(1-2-13(12)22-19-15)10-20-7-5-17-6-8-20/h1-2,9,17H,3-8,10H2,(H2,16,21)(H,18,19). The number of hydrogen-bond acceptors (Lipinski definition) is 6. The molecule has 1 aliphatic heterocycles. The third kappa shape index (κ3) is 3.55. The lowest BCUT2D eigenvalue weighted by atomic mass is 10.1. The minimum atomic E-state index is -0.334. The maximum Gasteiger partial charge on any atom is 0.219 e. The molecule has 0 saturated carbocycles. The first-order valence-corrected chi connectivity index (χ1v) is 7.56. The molecule has 0 bridgehead atoms. The van der Waals surface area contributed by atoms with Crippen LogP contribution in [0.2, 0.25) is 0 Å². The zero-order chi connectivity index (χ0) is 15.4. The van der Waals surface area contributed by atoms with Gasteiger partial charge in [-0.15, -0.1) is 0 Å². The molecule has 22 heavy (non-hydrogen) atoms. The molecule has 0 unspecified atom stereocenters. The van der Waals surface area contributed by atoms with Crippen LogP contribution in [0.5, 0.6) is 0 Å². The van der Waals surface area contributed by atoms with Crippen molar-refractivity contribution in [1.29, 1.82) is 0 Å². The number of nitrogens with one attached hydrogen (secondary N) is 2. The van der Waals surface area contributed by atoms with Crippen LogP contribution in [-0.4, -0.2) is 48.7 Å². The van der Waals surface area contributed by atoms with Crippen molar-refractivity contribution >= 4 is 22.7 Å². The van der Waals surface area contributed by atoms with Crippen molar-refractivity contribution in [3.05, 3.63) is 23.8 Å². The highest BCUT2D eigenvalue weighted by Crippen LogP contribution is 2.24.